The zero-order valence-corrected chi connectivity index (χ0v) is 13.6. The third-order valence-corrected chi connectivity index (χ3v) is 5.73. The van der Waals surface area contributed by atoms with Gasteiger partial charge in [-0.1, -0.05) is 41.0 Å². The first-order chi connectivity index (χ1) is 9.28. The van der Waals surface area contributed by atoms with Gasteiger partial charge in [-0.25, -0.2) is 0 Å². The fourth-order valence-corrected chi connectivity index (χ4v) is 4.03. The summed E-state index contributed by atoms with van der Waals surface area (Å²) in [6, 6.07) is 0. The highest BCUT2D eigenvalue weighted by Crippen LogP contribution is 2.58. The van der Waals surface area contributed by atoms with Crippen LogP contribution in [0.5, 0.6) is 0 Å². The topological polar surface area (TPSA) is 46.5 Å². The van der Waals surface area contributed by atoms with Crippen molar-refractivity contribution in [1.29, 1.82) is 0 Å². The molecular weight excluding hydrogens is 252 g/mol. The van der Waals surface area contributed by atoms with E-state index in [0.717, 1.165) is 12.8 Å². The molecule has 116 valence electrons. The predicted molar refractivity (Wildman–Crippen MR) is 79.1 cm³/mol. The maximum atomic E-state index is 12.4. The smallest absolute Gasteiger partial charge is 0.310 e. The fourth-order valence-electron chi connectivity index (χ4n) is 4.03. The Kier molecular flexibility index (Phi) is 4.48. The monoisotopic (exact) mass is 282 g/mol. The highest BCUT2D eigenvalue weighted by Gasteiger charge is 2.62. The molecule has 0 spiro atoms. The van der Waals surface area contributed by atoms with E-state index in [0.29, 0.717) is 17.8 Å². The Morgan fingerprint density at radius 3 is 2.50 bits per heavy atom. The van der Waals surface area contributed by atoms with Gasteiger partial charge in [0.05, 0.1) is 5.92 Å². The first-order valence-corrected chi connectivity index (χ1v) is 8.10. The zero-order valence-electron chi connectivity index (χ0n) is 13.6. The molecular formula is C17H30O3. The summed E-state index contributed by atoms with van der Waals surface area (Å²) < 4.78 is 5.88. The SMILES string of the molecule is CC1CCC(C(C)C)C(OC(=O)C2C(CO)C2(C)C)C1. The summed E-state index contributed by atoms with van der Waals surface area (Å²) >= 11 is 0. The van der Waals surface area contributed by atoms with Crippen LogP contribution in [0.3, 0.4) is 0 Å². The molecule has 0 amide bonds. The molecule has 5 unspecified atom stereocenters. The van der Waals surface area contributed by atoms with E-state index < -0.39 is 0 Å². The van der Waals surface area contributed by atoms with Crippen molar-refractivity contribution in [3.8, 4) is 0 Å². The molecule has 0 saturated heterocycles. The van der Waals surface area contributed by atoms with Gasteiger partial charge in [0.15, 0.2) is 0 Å². The van der Waals surface area contributed by atoms with Crippen LogP contribution >= 0.6 is 0 Å². The third kappa shape index (κ3) is 2.88. The average Bonchev–Trinajstić information content (AvgIpc) is 2.90. The van der Waals surface area contributed by atoms with Crippen LogP contribution in [0.15, 0.2) is 0 Å². The quantitative estimate of drug-likeness (QED) is 0.805. The second-order valence-corrected chi connectivity index (χ2v) is 7.89. The van der Waals surface area contributed by atoms with Gasteiger partial charge in [-0.05, 0) is 36.0 Å². The van der Waals surface area contributed by atoms with Crippen LogP contribution in [0.4, 0.5) is 0 Å². The molecule has 0 aromatic carbocycles. The molecule has 2 aliphatic rings. The third-order valence-electron chi connectivity index (χ3n) is 5.73. The van der Waals surface area contributed by atoms with Gasteiger partial charge in [-0.3, -0.25) is 4.79 Å². The highest BCUT2D eigenvalue weighted by atomic mass is 16.5. The average molecular weight is 282 g/mol. The van der Waals surface area contributed by atoms with Crippen LogP contribution in [0.2, 0.25) is 0 Å². The van der Waals surface area contributed by atoms with Crippen LogP contribution in [0.1, 0.15) is 53.9 Å². The van der Waals surface area contributed by atoms with Gasteiger partial charge in [0, 0.05) is 12.5 Å². The van der Waals surface area contributed by atoms with E-state index in [2.05, 4.69) is 20.8 Å². The number of ether oxygens (including phenoxy) is 1. The van der Waals surface area contributed by atoms with Crippen molar-refractivity contribution in [3.63, 3.8) is 0 Å². The molecule has 0 heterocycles. The lowest BCUT2D eigenvalue weighted by atomic mass is 9.75. The Morgan fingerprint density at radius 2 is 2.00 bits per heavy atom. The van der Waals surface area contributed by atoms with Crippen LogP contribution < -0.4 is 0 Å². The molecule has 1 N–H and O–H groups in total. The molecule has 2 saturated carbocycles. The summed E-state index contributed by atoms with van der Waals surface area (Å²) in [5.74, 6) is 1.57. The number of hydrogen-bond acceptors (Lipinski definition) is 3. The van der Waals surface area contributed by atoms with Crippen molar-refractivity contribution in [2.24, 2.45) is 35.0 Å². The number of hydrogen-bond donors (Lipinski definition) is 1. The lowest BCUT2D eigenvalue weighted by molar-refractivity contribution is -0.158. The number of aliphatic hydroxyl groups is 1. The summed E-state index contributed by atoms with van der Waals surface area (Å²) in [4.78, 5) is 12.4. The molecule has 0 aromatic rings. The Balaban J connectivity index is 1.99. The minimum atomic E-state index is -0.113. The minimum absolute atomic E-state index is 0.0713. The van der Waals surface area contributed by atoms with E-state index in [-0.39, 0.29) is 35.9 Å². The summed E-state index contributed by atoms with van der Waals surface area (Å²) in [5, 5.41) is 9.34. The highest BCUT2D eigenvalue weighted by molar-refractivity contribution is 5.77. The number of carbonyl (C=O) groups is 1. The summed E-state index contributed by atoms with van der Waals surface area (Å²) in [6.07, 6.45) is 3.47. The van der Waals surface area contributed by atoms with Crippen molar-refractivity contribution in [3.05, 3.63) is 0 Å². The van der Waals surface area contributed by atoms with Gasteiger partial charge in [-0.2, -0.15) is 0 Å². The molecule has 0 aliphatic heterocycles. The van der Waals surface area contributed by atoms with Gasteiger partial charge < -0.3 is 9.84 Å². The summed E-state index contributed by atoms with van der Waals surface area (Å²) in [5.41, 5.74) is -0.0978. The summed E-state index contributed by atoms with van der Waals surface area (Å²) in [7, 11) is 0. The van der Waals surface area contributed by atoms with E-state index in [9.17, 15) is 9.90 Å². The minimum Gasteiger partial charge on any atom is -0.462 e. The van der Waals surface area contributed by atoms with Crippen LogP contribution in [-0.2, 0) is 9.53 Å². The van der Waals surface area contributed by atoms with Crippen molar-refractivity contribution in [2.75, 3.05) is 6.61 Å². The second-order valence-electron chi connectivity index (χ2n) is 7.89. The molecule has 2 rings (SSSR count). The molecule has 20 heavy (non-hydrogen) atoms. The lowest BCUT2D eigenvalue weighted by Gasteiger charge is -2.36. The van der Waals surface area contributed by atoms with E-state index in [1.807, 2.05) is 13.8 Å². The zero-order chi connectivity index (χ0) is 15.1. The molecule has 3 heteroatoms. The van der Waals surface area contributed by atoms with Crippen molar-refractivity contribution >= 4 is 5.97 Å². The number of carbonyl (C=O) groups excluding carboxylic acids is 1. The Hall–Kier alpha value is -0.570. The fraction of sp³-hybridized carbons (Fsp3) is 0.941. The molecule has 0 bridgehead atoms. The Bertz CT molecular complexity index is 361. The maximum absolute atomic E-state index is 12.4. The van der Waals surface area contributed by atoms with Crippen LogP contribution in [-0.4, -0.2) is 23.8 Å². The van der Waals surface area contributed by atoms with Gasteiger partial charge >= 0.3 is 5.97 Å². The van der Waals surface area contributed by atoms with E-state index >= 15 is 0 Å². The molecule has 2 fully saturated rings. The number of esters is 1. The summed E-state index contributed by atoms with van der Waals surface area (Å²) in [6.45, 7) is 10.9. The second kappa shape index (κ2) is 5.67. The first kappa shape index (κ1) is 15.8. The van der Waals surface area contributed by atoms with Crippen molar-refractivity contribution < 1.29 is 14.6 Å². The molecule has 3 nitrogen and oxygen atoms in total. The van der Waals surface area contributed by atoms with Gasteiger partial charge in [0.2, 0.25) is 0 Å². The molecule has 0 radical (unpaired) electrons. The van der Waals surface area contributed by atoms with Crippen LogP contribution in [0, 0.1) is 35.0 Å². The molecule has 5 atom stereocenters. The van der Waals surface area contributed by atoms with Crippen LogP contribution in [0.25, 0.3) is 0 Å². The van der Waals surface area contributed by atoms with Gasteiger partial charge in [-0.15, -0.1) is 0 Å². The first-order valence-electron chi connectivity index (χ1n) is 8.10. The molecule has 2 aliphatic carbocycles. The van der Waals surface area contributed by atoms with E-state index in [1.54, 1.807) is 0 Å². The standard InChI is InChI=1S/C17H30O3/c1-10(2)12-7-6-11(3)8-14(12)20-16(19)15-13(9-18)17(15,4)5/h10-15,18H,6-9H2,1-5H3. The largest absolute Gasteiger partial charge is 0.462 e. The number of aliphatic hydroxyl groups excluding tert-OH is 1. The Labute approximate surface area is 123 Å². The predicted octanol–water partition coefficient (Wildman–Crippen LogP) is 3.25. The van der Waals surface area contributed by atoms with Gasteiger partial charge in [0.25, 0.3) is 0 Å². The van der Waals surface area contributed by atoms with Gasteiger partial charge in [0.1, 0.15) is 6.10 Å². The maximum Gasteiger partial charge on any atom is 0.310 e. The van der Waals surface area contributed by atoms with E-state index in [4.69, 9.17) is 4.74 Å². The lowest BCUT2D eigenvalue weighted by Crippen LogP contribution is -2.36. The van der Waals surface area contributed by atoms with E-state index in [1.165, 1.54) is 6.42 Å². The molecule has 0 aromatic heterocycles. The Morgan fingerprint density at radius 1 is 1.35 bits per heavy atom. The van der Waals surface area contributed by atoms with Crippen molar-refractivity contribution in [1.82, 2.24) is 0 Å². The normalized spacial score (nSPS) is 39.6. The van der Waals surface area contributed by atoms with Crippen molar-refractivity contribution in [2.45, 2.75) is 60.0 Å². The number of rotatable bonds is 4.